The van der Waals surface area contributed by atoms with Crippen molar-refractivity contribution in [2.45, 2.75) is 37.6 Å². The summed E-state index contributed by atoms with van der Waals surface area (Å²) in [6, 6.07) is 9.50. The summed E-state index contributed by atoms with van der Waals surface area (Å²) in [5.74, 6) is -1.11. The molecular weight excluding hydrogens is 534 g/mol. The number of carbonyl (C=O) groups excluding carboxylic acids is 4. The van der Waals surface area contributed by atoms with E-state index in [1.165, 1.54) is 29.6 Å². The van der Waals surface area contributed by atoms with Crippen molar-refractivity contribution < 1.29 is 23.9 Å². The molecule has 40 heavy (non-hydrogen) atoms. The van der Waals surface area contributed by atoms with E-state index < -0.39 is 47.9 Å². The highest BCUT2D eigenvalue weighted by atomic mass is 32.1. The maximum absolute atomic E-state index is 13.7. The van der Waals surface area contributed by atoms with Gasteiger partial charge in [-0.15, -0.1) is 11.3 Å². The number of aromatic nitrogens is 2. The molecule has 0 unspecified atom stereocenters. The van der Waals surface area contributed by atoms with E-state index in [4.69, 9.17) is 4.74 Å². The molecule has 0 spiro atoms. The van der Waals surface area contributed by atoms with Gasteiger partial charge in [0.1, 0.15) is 29.1 Å². The fourth-order valence-electron chi connectivity index (χ4n) is 4.89. The van der Waals surface area contributed by atoms with Crippen molar-refractivity contribution >= 4 is 51.0 Å². The Balaban J connectivity index is 1.46. The number of rotatable bonds is 3. The monoisotopic (exact) mass is 565 g/mol. The molecule has 12 nitrogen and oxygen atoms in total. The minimum Gasteiger partial charge on any atom is -0.360 e. The number of thiophene rings is 1. The van der Waals surface area contributed by atoms with Gasteiger partial charge < -0.3 is 30.5 Å². The third kappa shape index (κ3) is 6.20. The number of anilines is 1. The van der Waals surface area contributed by atoms with Gasteiger partial charge in [0.15, 0.2) is 6.10 Å². The lowest BCUT2D eigenvalue weighted by Crippen LogP contribution is -2.59. The number of hydrogen-bond donors (Lipinski definition) is 3. The summed E-state index contributed by atoms with van der Waals surface area (Å²) in [5, 5.41) is 11.1. The number of fused-ring (bicyclic) bond motifs is 3. The van der Waals surface area contributed by atoms with Gasteiger partial charge in [-0.3, -0.25) is 19.2 Å². The summed E-state index contributed by atoms with van der Waals surface area (Å²) >= 11 is 1.49. The molecule has 1 aromatic carbocycles. The summed E-state index contributed by atoms with van der Waals surface area (Å²) in [7, 11) is 1.49. The van der Waals surface area contributed by atoms with Gasteiger partial charge in [-0.25, -0.2) is 9.97 Å². The van der Waals surface area contributed by atoms with Crippen molar-refractivity contribution in [3.63, 3.8) is 0 Å². The number of hydrogen-bond acceptors (Lipinski definition) is 9. The highest BCUT2D eigenvalue weighted by molar-refractivity contribution is 7.16. The number of benzene rings is 1. The van der Waals surface area contributed by atoms with Crippen molar-refractivity contribution in [3.05, 3.63) is 53.7 Å². The topological polar surface area (TPSA) is 146 Å². The first-order chi connectivity index (χ1) is 19.3. The Morgan fingerprint density at radius 2 is 1.82 bits per heavy atom. The maximum atomic E-state index is 13.7. The first-order valence-corrected chi connectivity index (χ1v) is 13.9. The fraction of sp³-hybridized carbons (Fsp3) is 0.407. The number of morpholine rings is 1. The van der Waals surface area contributed by atoms with Crippen LogP contribution in [-0.4, -0.2) is 96.0 Å². The summed E-state index contributed by atoms with van der Waals surface area (Å²) in [5.41, 5.74) is 0.852. The molecule has 0 radical (unpaired) electrons. The normalized spacial score (nSPS) is 25.1. The molecule has 2 fully saturated rings. The van der Waals surface area contributed by atoms with Crippen LogP contribution >= 0.6 is 11.3 Å². The molecule has 0 aliphatic carbocycles. The summed E-state index contributed by atoms with van der Waals surface area (Å²) < 4.78 is 6.16. The van der Waals surface area contributed by atoms with E-state index in [9.17, 15) is 19.2 Å². The van der Waals surface area contributed by atoms with E-state index in [1.54, 1.807) is 6.92 Å². The van der Waals surface area contributed by atoms with E-state index >= 15 is 0 Å². The van der Waals surface area contributed by atoms with Gasteiger partial charge in [0, 0.05) is 26.6 Å². The Kier molecular flexibility index (Phi) is 8.21. The van der Waals surface area contributed by atoms with Crippen molar-refractivity contribution in [3.8, 4) is 0 Å². The third-order valence-electron chi connectivity index (χ3n) is 6.93. The van der Waals surface area contributed by atoms with E-state index in [0.717, 1.165) is 15.8 Å². The second-order valence-corrected chi connectivity index (χ2v) is 10.9. The number of ether oxygens (including phenoxy) is 1. The van der Waals surface area contributed by atoms with Gasteiger partial charge in [-0.1, -0.05) is 30.3 Å². The fourth-order valence-corrected chi connectivity index (χ4v) is 5.62. The van der Waals surface area contributed by atoms with Crippen molar-refractivity contribution in [1.82, 2.24) is 30.8 Å². The molecule has 210 valence electrons. The van der Waals surface area contributed by atoms with Crippen molar-refractivity contribution in [1.29, 1.82) is 0 Å². The Morgan fingerprint density at radius 1 is 1.02 bits per heavy atom. The molecule has 13 heteroatoms. The molecule has 2 aliphatic heterocycles. The second kappa shape index (κ2) is 12.0. The molecule has 2 aliphatic rings. The Bertz CT molecular complexity index is 1400. The minimum atomic E-state index is -0.946. The molecule has 2 bridgehead atoms. The lowest BCUT2D eigenvalue weighted by molar-refractivity contribution is -0.143. The van der Waals surface area contributed by atoms with Crippen LogP contribution in [0.3, 0.4) is 0 Å². The third-order valence-corrected chi connectivity index (χ3v) is 7.75. The predicted molar refractivity (Wildman–Crippen MR) is 149 cm³/mol. The molecule has 3 aromatic rings. The molecule has 4 amide bonds. The summed E-state index contributed by atoms with van der Waals surface area (Å²) in [6.45, 7) is 1.97. The van der Waals surface area contributed by atoms with Gasteiger partial charge >= 0.3 is 0 Å². The molecule has 4 heterocycles. The molecule has 5 rings (SSSR count). The van der Waals surface area contributed by atoms with Crippen LogP contribution in [-0.2, 0) is 30.3 Å². The van der Waals surface area contributed by atoms with Crippen LogP contribution in [0.4, 0.5) is 5.82 Å². The Labute approximate surface area is 235 Å². The second-order valence-electron chi connectivity index (χ2n) is 9.97. The van der Waals surface area contributed by atoms with Crippen molar-refractivity contribution in [2.75, 3.05) is 38.1 Å². The van der Waals surface area contributed by atoms with Crippen LogP contribution in [0.1, 0.15) is 12.5 Å². The zero-order chi connectivity index (χ0) is 28.2. The van der Waals surface area contributed by atoms with Crippen LogP contribution < -0.4 is 20.9 Å². The van der Waals surface area contributed by atoms with Gasteiger partial charge in [-0.05, 0) is 23.9 Å². The first kappa shape index (κ1) is 27.5. The van der Waals surface area contributed by atoms with E-state index in [2.05, 4.69) is 25.9 Å². The number of carbonyl (C=O) groups is 4. The SMILES string of the molecule is C[C@H]1NC(=O)CN(C)C(=O)[C@@H](Cc2ccccc2)NC(=O)[C@H]2CN(c3ncnc4sccc34)C[C@H](CNC1=O)O2. The molecule has 0 saturated carbocycles. The van der Waals surface area contributed by atoms with Gasteiger partial charge in [0.25, 0.3) is 5.91 Å². The Morgan fingerprint density at radius 3 is 2.62 bits per heavy atom. The number of nitrogens with one attached hydrogen (secondary N) is 3. The van der Waals surface area contributed by atoms with E-state index in [1.807, 2.05) is 46.7 Å². The first-order valence-electron chi connectivity index (χ1n) is 13.0. The zero-order valence-corrected chi connectivity index (χ0v) is 23.0. The number of likely N-dealkylation sites (N-methyl/N-ethyl adjacent to an activating group) is 1. The number of nitrogens with zero attached hydrogens (tertiary/aromatic N) is 4. The average Bonchev–Trinajstić information content (AvgIpc) is 3.44. The molecule has 3 N–H and O–H groups in total. The van der Waals surface area contributed by atoms with Crippen LogP contribution in [0.15, 0.2) is 48.1 Å². The minimum absolute atomic E-state index is 0.115. The molecule has 2 saturated heterocycles. The van der Waals surface area contributed by atoms with Gasteiger partial charge in [0.05, 0.1) is 24.6 Å². The van der Waals surface area contributed by atoms with Crippen LogP contribution in [0.5, 0.6) is 0 Å². The summed E-state index contributed by atoms with van der Waals surface area (Å²) in [6.07, 6.45) is 0.212. The molecular formula is C27H31N7O5S. The molecule has 2 aromatic heterocycles. The van der Waals surface area contributed by atoms with Gasteiger partial charge in [-0.2, -0.15) is 0 Å². The largest absolute Gasteiger partial charge is 0.360 e. The summed E-state index contributed by atoms with van der Waals surface area (Å²) in [4.78, 5) is 65.3. The average molecular weight is 566 g/mol. The zero-order valence-electron chi connectivity index (χ0n) is 22.2. The maximum Gasteiger partial charge on any atom is 0.251 e. The lowest BCUT2D eigenvalue weighted by atomic mass is 10.0. The van der Waals surface area contributed by atoms with Crippen LogP contribution in [0.2, 0.25) is 0 Å². The molecule has 4 atom stereocenters. The predicted octanol–water partition coefficient (Wildman–Crippen LogP) is 0.0855. The van der Waals surface area contributed by atoms with Crippen molar-refractivity contribution in [2.24, 2.45) is 0 Å². The van der Waals surface area contributed by atoms with Gasteiger partial charge in [0.2, 0.25) is 17.7 Å². The smallest absolute Gasteiger partial charge is 0.251 e. The quantitative estimate of drug-likeness (QED) is 0.405. The number of amides is 4. The van der Waals surface area contributed by atoms with Crippen LogP contribution in [0, 0.1) is 0 Å². The van der Waals surface area contributed by atoms with E-state index in [-0.39, 0.29) is 26.1 Å². The highest BCUT2D eigenvalue weighted by Gasteiger charge is 2.37. The highest BCUT2D eigenvalue weighted by Crippen LogP contribution is 2.29. The lowest BCUT2D eigenvalue weighted by Gasteiger charge is -2.38. The standard InChI is InChI=1S/C27H31N7O5S/c1-16-24(36)28-11-18-12-34(23-19-8-9-40-26(19)30-15-29-23)13-21(39-18)25(37)32-20(10-17-6-4-3-5-7-17)27(38)33(2)14-22(35)31-16/h3-9,15-16,18,20-21H,10-14H2,1-2H3,(H,28,36)(H,31,35)(H,32,37)/t16-,18+,20-,21-/m1/s1. The van der Waals surface area contributed by atoms with E-state index in [0.29, 0.717) is 12.4 Å². The van der Waals surface area contributed by atoms with Crippen LogP contribution in [0.25, 0.3) is 10.2 Å². The Hall–Kier alpha value is -4.10.